The smallest absolute Gasteiger partial charge is 0.127 e. The van der Waals surface area contributed by atoms with Crippen molar-refractivity contribution < 1.29 is 9.84 Å². The minimum Gasteiger partial charge on any atom is -0.457 e. The van der Waals surface area contributed by atoms with Gasteiger partial charge in [0.05, 0.1) is 0 Å². The molecule has 0 radical (unpaired) electrons. The molecule has 0 saturated heterocycles. The van der Waals surface area contributed by atoms with Gasteiger partial charge in [0.1, 0.15) is 11.5 Å². The highest BCUT2D eigenvalue weighted by atomic mass is 16.5. The second-order valence-electron chi connectivity index (χ2n) is 4.80. The molecular weight excluding hydrogens is 250 g/mol. The van der Waals surface area contributed by atoms with Crippen molar-refractivity contribution in [2.45, 2.75) is 19.4 Å². The molecule has 1 unspecified atom stereocenters. The highest BCUT2D eigenvalue weighted by Crippen LogP contribution is 2.24. The Kier molecular flexibility index (Phi) is 5.16. The lowest BCUT2D eigenvalue weighted by Crippen LogP contribution is -2.11. The summed E-state index contributed by atoms with van der Waals surface area (Å²) in [7, 11) is 1.94. The number of benzene rings is 2. The summed E-state index contributed by atoms with van der Waals surface area (Å²) in [6.45, 7) is 2.28. The topological polar surface area (TPSA) is 41.5 Å². The van der Waals surface area contributed by atoms with Crippen LogP contribution in [0.2, 0.25) is 0 Å². The average molecular weight is 271 g/mol. The number of aliphatic hydroxyl groups excluding tert-OH is 1. The van der Waals surface area contributed by atoms with Crippen LogP contribution in [0, 0.1) is 0 Å². The monoisotopic (exact) mass is 271 g/mol. The molecule has 0 bridgehead atoms. The van der Waals surface area contributed by atoms with E-state index in [1.54, 1.807) is 0 Å². The lowest BCUT2D eigenvalue weighted by molar-refractivity contribution is 0.299. The van der Waals surface area contributed by atoms with Gasteiger partial charge in [0.25, 0.3) is 0 Å². The molecule has 0 aliphatic carbocycles. The van der Waals surface area contributed by atoms with Gasteiger partial charge >= 0.3 is 0 Å². The van der Waals surface area contributed by atoms with Crippen LogP contribution in [0.3, 0.4) is 0 Å². The maximum Gasteiger partial charge on any atom is 0.127 e. The zero-order valence-corrected chi connectivity index (χ0v) is 12.0. The first-order valence-electron chi connectivity index (χ1n) is 6.88. The summed E-state index contributed by atoms with van der Waals surface area (Å²) >= 11 is 0. The van der Waals surface area contributed by atoms with Crippen LogP contribution < -0.4 is 10.1 Å². The Balaban J connectivity index is 2.09. The Hall–Kier alpha value is -1.84. The van der Waals surface area contributed by atoms with Crippen LogP contribution in [0.1, 0.15) is 24.1 Å². The van der Waals surface area contributed by atoms with E-state index in [1.165, 1.54) is 5.56 Å². The third kappa shape index (κ3) is 3.83. The van der Waals surface area contributed by atoms with Crippen LogP contribution >= 0.6 is 0 Å². The maximum atomic E-state index is 8.89. The van der Waals surface area contributed by atoms with E-state index in [4.69, 9.17) is 9.84 Å². The molecule has 0 fully saturated rings. The van der Waals surface area contributed by atoms with E-state index in [0.29, 0.717) is 12.5 Å². The number of nitrogens with one attached hydrogen (secondary N) is 1. The highest BCUT2D eigenvalue weighted by Gasteiger charge is 2.04. The van der Waals surface area contributed by atoms with E-state index in [9.17, 15) is 0 Å². The Bertz CT molecular complexity index is 537. The fraction of sp³-hybridized carbons (Fsp3) is 0.294. The summed E-state index contributed by atoms with van der Waals surface area (Å²) in [6, 6.07) is 16.2. The van der Waals surface area contributed by atoms with Crippen LogP contribution in [-0.2, 0) is 6.42 Å². The van der Waals surface area contributed by atoms with E-state index >= 15 is 0 Å². The van der Waals surface area contributed by atoms with Gasteiger partial charge in [0, 0.05) is 12.6 Å². The second-order valence-corrected chi connectivity index (χ2v) is 4.80. The van der Waals surface area contributed by atoms with Gasteiger partial charge in [-0.2, -0.15) is 0 Å². The fourth-order valence-corrected chi connectivity index (χ4v) is 2.00. The van der Waals surface area contributed by atoms with Crippen LogP contribution in [0.25, 0.3) is 0 Å². The van der Waals surface area contributed by atoms with Crippen molar-refractivity contribution in [3.63, 3.8) is 0 Å². The van der Waals surface area contributed by atoms with Crippen molar-refractivity contribution in [2.75, 3.05) is 13.7 Å². The molecule has 0 aliphatic heterocycles. The zero-order valence-electron chi connectivity index (χ0n) is 12.0. The molecule has 0 aromatic heterocycles. The maximum absolute atomic E-state index is 8.89. The molecule has 3 nitrogen and oxygen atoms in total. The van der Waals surface area contributed by atoms with Gasteiger partial charge < -0.3 is 15.2 Å². The minimum absolute atomic E-state index is 0.171. The van der Waals surface area contributed by atoms with Crippen molar-refractivity contribution in [1.82, 2.24) is 5.32 Å². The number of ether oxygens (including phenoxy) is 1. The molecule has 0 amide bonds. The van der Waals surface area contributed by atoms with Gasteiger partial charge in [0.2, 0.25) is 0 Å². The predicted octanol–water partition coefficient (Wildman–Crippen LogP) is 3.29. The summed E-state index contributed by atoms with van der Waals surface area (Å²) in [6.07, 6.45) is 0.676. The largest absolute Gasteiger partial charge is 0.457 e. The van der Waals surface area contributed by atoms with Gasteiger partial charge in [-0.3, -0.25) is 0 Å². The molecule has 3 heteroatoms. The number of aliphatic hydroxyl groups is 1. The molecule has 2 N–H and O–H groups in total. The molecule has 0 spiro atoms. The van der Waals surface area contributed by atoms with Crippen molar-refractivity contribution in [1.29, 1.82) is 0 Å². The summed E-state index contributed by atoms with van der Waals surface area (Å²) in [4.78, 5) is 0. The first kappa shape index (κ1) is 14.6. The molecule has 1 atom stereocenters. The van der Waals surface area contributed by atoms with Crippen LogP contribution in [0.4, 0.5) is 0 Å². The van der Waals surface area contributed by atoms with E-state index < -0.39 is 0 Å². The third-order valence-corrected chi connectivity index (χ3v) is 3.35. The predicted molar refractivity (Wildman–Crippen MR) is 81.2 cm³/mol. The van der Waals surface area contributed by atoms with E-state index in [0.717, 1.165) is 17.1 Å². The Labute approximate surface area is 120 Å². The Morgan fingerprint density at radius 1 is 1.10 bits per heavy atom. The quantitative estimate of drug-likeness (QED) is 0.847. The standard InChI is InChI=1S/C17H21NO2/c1-13(18-2)15-4-3-5-17(12-15)20-16-8-6-14(7-9-16)10-11-19/h3-9,12-13,18-19H,10-11H2,1-2H3. The molecule has 0 saturated carbocycles. The molecule has 2 aromatic rings. The van der Waals surface area contributed by atoms with Gasteiger partial charge in [0.15, 0.2) is 0 Å². The normalized spacial score (nSPS) is 12.2. The zero-order chi connectivity index (χ0) is 14.4. The van der Waals surface area contributed by atoms with Crippen molar-refractivity contribution >= 4 is 0 Å². The van der Waals surface area contributed by atoms with E-state index in [-0.39, 0.29) is 6.61 Å². The summed E-state index contributed by atoms with van der Waals surface area (Å²) in [5, 5.41) is 12.1. The van der Waals surface area contributed by atoms with Crippen molar-refractivity contribution in [2.24, 2.45) is 0 Å². The van der Waals surface area contributed by atoms with Crippen LogP contribution in [0.15, 0.2) is 48.5 Å². The van der Waals surface area contributed by atoms with Crippen molar-refractivity contribution in [3.05, 3.63) is 59.7 Å². The van der Waals surface area contributed by atoms with Crippen LogP contribution in [-0.4, -0.2) is 18.8 Å². The Morgan fingerprint density at radius 2 is 1.85 bits per heavy atom. The van der Waals surface area contributed by atoms with E-state index in [2.05, 4.69) is 18.3 Å². The second kappa shape index (κ2) is 7.08. The molecule has 0 heterocycles. The number of rotatable bonds is 6. The van der Waals surface area contributed by atoms with E-state index in [1.807, 2.05) is 49.5 Å². The first-order valence-corrected chi connectivity index (χ1v) is 6.88. The molecular formula is C17H21NO2. The van der Waals surface area contributed by atoms with Crippen molar-refractivity contribution in [3.8, 4) is 11.5 Å². The average Bonchev–Trinajstić information content (AvgIpc) is 2.49. The van der Waals surface area contributed by atoms with Gasteiger partial charge in [-0.25, -0.2) is 0 Å². The third-order valence-electron chi connectivity index (χ3n) is 3.35. The molecule has 2 rings (SSSR count). The first-order chi connectivity index (χ1) is 9.72. The summed E-state index contributed by atoms with van der Waals surface area (Å²) < 4.78 is 5.86. The lowest BCUT2D eigenvalue weighted by Gasteiger charge is -2.12. The summed E-state index contributed by atoms with van der Waals surface area (Å²) in [5.41, 5.74) is 2.30. The summed E-state index contributed by atoms with van der Waals surface area (Å²) in [5.74, 6) is 1.64. The lowest BCUT2D eigenvalue weighted by atomic mass is 10.1. The van der Waals surface area contributed by atoms with Gasteiger partial charge in [-0.1, -0.05) is 24.3 Å². The molecule has 2 aromatic carbocycles. The number of hydrogen-bond donors (Lipinski definition) is 2. The van der Waals surface area contributed by atoms with Gasteiger partial charge in [-0.05, 0) is 55.8 Å². The number of hydrogen-bond acceptors (Lipinski definition) is 3. The Morgan fingerprint density at radius 3 is 2.50 bits per heavy atom. The highest BCUT2D eigenvalue weighted by molar-refractivity contribution is 5.36. The van der Waals surface area contributed by atoms with Crippen LogP contribution in [0.5, 0.6) is 11.5 Å². The fourth-order valence-electron chi connectivity index (χ4n) is 2.00. The molecule has 106 valence electrons. The molecule has 0 aliphatic rings. The van der Waals surface area contributed by atoms with Gasteiger partial charge in [-0.15, -0.1) is 0 Å². The molecule has 20 heavy (non-hydrogen) atoms. The SMILES string of the molecule is CNC(C)c1cccc(Oc2ccc(CCO)cc2)c1. The minimum atomic E-state index is 0.171.